The number of amides is 1. The predicted molar refractivity (Wildman–Crippen MR) is 92.1 cm³/mol. The minimum atomic E-state index is -4.58. The molecular weight excluding hydrogens is 417 g/mol. The minimum absolute atomic E-state index is 0.0500. The topological polar surface area (TPSA) is 72.6 Å². The zero-order valence-corrected chi connectivity index (χ0v) is 15.8. The summed E-state index contributed by atoms with van der Waals surface area (Å²) in [5, 5.41) is 0. The first-order valence-electron chi connectivity index (χ1n) is 7.88. The number of carbonyl (C=O) groups excluding carboxylic acids is 2. The molecule has 0 saturated carbocycles. The van der Waals surface area contributed by atoms with Crippen molar-refractivity contribution in [3.63, 3.8) is 0 Å². The van der Waals surface area contributed by atoms with Crippen LogP contribution in [-0.4, -0.2) is 36.0 Å². The van der Waals surface area contributed by atoms with E-state index in [1.807, 2.05) is 0 Å². The Kier molecular flexibility index (Phi) is 6.00. The largest absolute Gasteiger partial charge is 0.463 e. The summed E-state index contributed by atoms with van der Waals surface area (Å²) in [6.45, 7) is 3.52. The van der Waals surface area contributed by atoms with Gasteiger partial charge in [-0.2, -0.15) is 13.2 Å². The standard InChI is InChI=1S/C17H18BrF3N2O3/c1-3-26-16(25)11-6-9(2)23(8-14(11)22)15(24)10-4-5-13(18)12(7-10)17(19,20)21/h4-5,7,9H,3,6,8,22H2,1-2H3/t9-/m1/s1. The molecule has 0 spiro atoms. The fraction of sp³-hybridized carbons (Fsp3) is 0.412. The fourth-order valence-corrected chi connectivity index (χ4v) is 3.19. The van der Waals surface area contributed by atoms with Crippen LogP contribution in [-0.2, 0) is 15.7 Å². The van der Waals surface area contributed by atoms with Crippen LogP contribution in [0.4, 0.5) is 13.2 Å². The molecule has 0 bridgehead atoms. The molecule has 0 radical (unpaired) electrons. The van der Waals surface area contributed by atoms with Gasteiger partial charge in [0, 0.05) is 28.2 Å². The molecule has 1 atom stereocenters. The van der Waals surface area contributed by atoms with E-state index in [1.54, 1.807) is 13.8 Å². The molecule has 1 aliphatic rings. The third-order valence-electron chi connectivity index (χ3n) is 4.06. The number of nitrogens with zero attached hydrogens (tertiary/aromatic N) is 1. The molecule has 2 N–H and O–H groups in total. The molecule has 1 amide bonds. The number of nitrogens with two attached hydrogens (primary N) is 1. The molecule has 1 aromatic carbocycles. The van der Waals surface area contributed by atoms with Crippen LogP contribution in [0.15, 0.2) is 33.9 Å². The Morgan fingerprint density at radius 1 is 1.38 bits per heavy atom. The van der Waals surface area contributed by atoms with Gasteiger partial charge in [0.1, 0.15) is 0 Å². The van der Waals surface area contributed by atoms with Crippen molar-refractivity contribution in [2.75, 3.05) is 13.2 Å². The molecule has 1 heterocycles. The zero-order valence-electron chi connectivity index (χ0n) is 14.2. The highest BCUT2D eigenvalue weighted by Gasteiger charge is 2.35. The van der Waals surface area contributed by atoms with Crippen molar-refractivity contribution in [3.05, 3.63) is 45.1 Å². The maximum atomic E-state index is 13.1. The lowest BCUT2D eigenvalue weighted by molar-refractivity contribution is -0.139. The van der Waals surface area contributed by atoms with Crippen molar-refractivity contribution in [3.8, 4) is 0 Å². The lowest BCUT2D eigenvalue weighted by atomic mass is 9.97. The van der Waals surface area contributed by atoms with Crippen LogP contribution in [0, 0.1) is 0 Å². The molecule has 0 aliphatic carbocycles. The number of esters is 1. The second kappa shape index (κ2) is 7.69. The van der Waals surface area contributed by atoms with E-state index < -0.39 is 29.7 Å². The molecule has 1 aromatic rings. The Labute approximate surface area is 157 Å². The SMILES string of the molecule is CCOC(=O)C1=C(N)CN(C(=O)c2ccc(Br)c(C(F)(F)F)c2)[C@H](C)C1. The van der Waals surface area contributed by atoms with Gasteiger partial charge in [-0.1, -0.05) is 15.9 Å². The summed E-state index contributed by atoms with van der Waals surface area (Å²) in [5.41, 5.74) is 5.36. The van der Waals surface area contributed by atoms with E-state index in [0.717, 1.165) is 6.07 Å². The first-order chi connectivity index (χ1) is 12.1. The van der Waals surface area contributed by atoms with E-state index in [2.05, 4.69) is 15.9 Å². The third kappa shape index (κ3) is 4.20. The smallest absolute Gasteiger partial charge is 0.417 e. The number of ether oxygens (including phenoxy) is 1. The van der Waals surface area contributed by atoms with Crippen LogP contribution in [0.1, 0.15) is 36.2 Å². The quantitative estimate of drug-likeness (QED) is 0.739. The van der Waals surface area contributed by atoms with E-state index >= 15 is 0 Å². The Hall–Kier alpha value is -2.03. The number of halogens is 4. The number of rotatable bonds is 3. The first-order valence-corrected chi connectivity index (χ1v) is 8.67. The van der Waals surface area contributed by atoms with Gasteiger partial charge >= 0.3 is 12.1 Å². The highest BCUT2D eigenvalue weighted by atomic mass is 79.9. The van der Waals surface area contributed by atoms with Crippen molar-refractivity contribution < 1.29 is 27.5 Å². The van der Waals surface area contributed by atoms with Gasteiger partial charge in [0.2, 0.25) is 0 Å². The summed E-state index contributed by atoms with van der Waals surface area (Å²) >= 11 is 2.85. The molecule has 2 rings (SSSR count). The lowest BCUT2D eigenvalue weighted by Gasteiger charge is -2.34. The van der Waals surface area contributed by atoms with Gasteiger partial charge in [-0.05, 0) is 32.0 Å². The summed E-state index contributed by atoms with van der Waals surface area (Å²) in [6.07, 6.45) is -4.41. The van der Waals surface area contributed by atoms with Crippen LogP contribution in [0.5, 0.6) is 0 Å². The molecule has 1 aliphatic heterocycles. The van der Waals surface area contributed by atoms with Gasteiger partial charge in [-0.3, -0.25) is 4.79 Å². The van der Waals surface area contributed by atoms with Gasteiger partial charge in [-0.15, -0.1) is 0 Å². The second-order valence-corrected chi connectivity index (χ2v) is 6.76. The maximum Gasteiger partial charge on any atom is 0.417 e. The summed E-state index contributed by atoms with van der Waals surface area (Å²) in [7, 11) is 0. The van der Waals surface area contributed by atoms with Crippen LogP contribution in [0.25, 0.3) is 0 Å². The molecule has 142 valence electrons. The number of alkyl halides is 3. The van der Waals surface area contributed by atoms with Crippen LogP contribution >= 0.6 is 15.9 Å². The van der Waals surface area contributed by atoms with E-state index in [9.17, 15) is 22.8 Å². The normalized spacial score (nSPS) is 18.1. The molecule has 26 heavy (non-hydrogen) atoms. The molecule has 0 saturated heterocycles. The van der Waals surface area contributed by atoms with Crippen molar-refractivity contribution in [1.82, 2.24) is 4.90 Å². The van der Waals surface area contributed by atoms with Crippen LogP contribution < -0.4 is 5.73 Å². The van der Waals surface area contributed by atoms with Gasteiger partial charge in [0.15, 0.2) is 0 Å². The molecule has 5 nitrogen and oxygen atoms in total. The van der Waals surface area contributed by atoms with E-state index in [-0.39, 0.29) is 35.3 Å². The van der Waals surface area contributed by atoms with Crippen LogP contribution in [0.3, 0.4) is 0 Å². The summed E-state index contributed by atoms with van der Waals surface area (Å²) in [4.78, 5) is 25.9. The number of hydrogen-bond donors (Lipinski definition) is 1. The summed E-state index contributed by atoms with van der Waals surface area (Å²) < 4.78 is 44.0. The first kappa shape index (κ1) is 20.3. The molecule has 0 aromatic heterocycles. The second-order valence-electron chi connectivity index (χ2n) is 5.90. The number of benzene rings is 1. The maximum absolute atomic E-state index is 13.1. The molecular formula is C17H18BrF3N2O3. The van der Waals surface area contributed by atoms with E-state index in [4.69, 9.17) is 10.5 Å². The Morgan fingerprint density at radius 2 is 2.04 bits per heavy atom. The van der Waals surface area contributed by atoms with Crippen molar-refractivity contribution >= 4 is 27.8 Å². The lowest BCUT2D eigenvalue weighted by Crippen LogP contribution is -2.45. The summed E-state index contributed by atoms with van der Waals surface area (Å²) in [5.74, 6) is -1.12. The van der Waals surface area contributed by atoms with E-state index in [0.29, 0.717) is 5.57 Å². The third-order valence-corrected chi connectivity index (χ3v) is 4.75. The van der Waals surface area contributed by atoms with Crippen LogP contribution in [0.2, 0.25) is 0 Å². The van der Waals surface area contributed by atoms with Gasteiger partial charge < -0.3 is 15.4 Å². The fourth-order valence-electron chi connectivity index (χ4n) is 2.72. The predicted octanol–water partition coefficient (Wildman–Crippen LogP) is 3.48. The highest BCUT2D eigenvalue weighted by Crippen LogP contribution is 2.36. The van der Waals surface area contributed by atoms with Crippen molar-refractivity contribution in [2.45, 2.75) is 32.5 Å². The van der Waals surface area contributed by atoms with Gasteiger partial charge in [-0.25, -0.2) is 4.79 Å². The number of hydrogen-bond acceptors (Lipinski definition) is 4. The Balaban J connectivity index is 2.30. The Bertz CT molecular complexity index is 762. The van der Waals surface area contributed by atoms with Gasteiger partial charge in [0.05, 0.1) is 24.3 Å². The average molecular weight is 435 g/mol. The minimum Gasteiger partial charge on any atom is -0.463 e. The molecule has 0 unspecified atom stereocenters. The number of carbonyl (C=O) groups is 2. The highest BCUT2D eigenvalue weighted by molar-refractivity contribution is 9.10. The molecule has 9 heteroatoms. The monoisotopic (exact) mass is 434 g/mol. The van der Waals surface area contributed by atoms with E-state index in [1.165, 1.54) is 17.0 Å². The zero-order chi connectivity index (χ0) is 19.6. The van der Waals surface area contributed by atoms with Crippen molar-refractivity contribution in [2.24, 2.45) is 5.73 Å². The molecule has 0 fully saturated rings. The van der Waals surface area contributed by atoms with Crippen molar-refractivity contribution in [1.29, 1.82) is 0 Å². The summed E-state index contributed by atoms with van der Waals surface area (Å²) in [6, 6.07) is 2.90. The van der Waals surface area contributed by atoms with Gasteiger partial charge in [0.25, 0.3) is 5.91 Å². The average Bonchev–Trinajstić information content (AvgIpc) is 2.55. The Morgan fingerprint density at radius 3 is 2.62 bits per heavy atom.